The fourth-order valence-electron chi connectivity index (χ4n) is 0.699. The minimum absolute atomic E-state index is 0.500. The van der Waals surface area contributed by atoms with E-state index >= 15 is 0 Å². The molecule has 66 valence electrons. The second kappa shape index (κ2) is 4.95. The SMILES string of the molecule is NCCCSc1nccnc1N. The van der Waals surface area contributed by atoms with E-state index in [-0.39, 0.29) is 0 Å². The molecule has 0 amide bonds. The summed E-state index contributed by atoms with van der Waals surface area (Å²) in [5.74, 6) is 1.44. The maximum absolute atomic E-state index is 5.58. The number of thioether (sulfide) groups is 1. The summed E-state index contributed by atoms with van der Waals surface area (Å²) >= 11 is 1.59. The van der Waals surface area contributed by atoms with E-state index in [9.17, 15) is 0 Å². The zero-order chi connectivity index (χ0) is 8.81. The summed E-state index contributed by atoms with van der Waals surface area (Å²) in [6.45, 7) is 0.702. The number of hydrogen-bond donors (Lipinski definition) is 2. The molecule has 0 unspecified atom stereocenters. The Morgan fingerprint density at radius 3 is 2.75 bits per heavy atom. The first-order valence-corrected chi connectivity index (χ1v) is 4.72. The Labute approximate surface area is 75.8 Å². The molecular weight excluding hydrogens is 172 g/mol. The van der Waals surface area contributed by atoms with Crippen LogP contribution in [0.3, 0.4) is 0 Å². The summed E-state index contributed by atoms with van der Waals surface area (Å²) in [5, 5.41) is 0.797. The summed E-state index contributed by atoms with van der Waals surface area (Å²) in [6.07, 6.45) is 4.20. The van der Waals surface area contributed by atoms with Crippen LogP contribution in [-0.4, -0.2) is 22.3 Å². The van der Waals surface area contributed by atoms with Crippen LogP contribution in [-0.2, 0) is 0 Å². The molecule has 4 nitrogen and oxygen atoms in total. The van der Waals surface area contributed by atoms with Gasteiger partial charge in [0.15, 0.2) is 5.82 Å². The van der Waals surface area contributed by atoms with E-state index < -0.39 is 0 Å². The van der Waals surface area contributed by atoms with E-state index in [1.807, 2.05) is 0 Å². The van der Waals surface area contributed by atoms with Crippen molar-refractivity contribution in [3.63, 3.8) is 0 Å². The summed E-state index contributed by atoms with van der Waals surface area (Å²) in [4.78, 5) is 8.01. The summed E-state index contributed by atoms with van der Waals surface area (Å²) in [7, 11) is 0. The van der Waals surface area contributed by atoms with Crippen molar-refractivity contribution in [2.24, 2.45) is 5.73 Å². The third kappa shape index (κ3) is 2.67. The van der Waals surface area contributed by atoms with Crippen LogP contribution in [0, 0.1) is 0 Å². The first-order chi connectivity index (χ1) is 5.84. The third-order valence-corrected chi connectivity index (χ3v) is 2.36. The molecule has 0 bridgehead atoms. The van der Waals surface area contributed by atoms with Gasteiger partial charge in [-0.25, -0.2) is 9.97 Å². The molecule has 12 heavy (non-hydrogen) atoms. The number of nitrogens with two attached hydrogens (primary N) is 2. The number of nitrogens with zero attached hydrogens (tertiary/aromatic N) is 2. The lowest BCUT2D eigenvalue weighted by molar-refractivity contribution is 0.939. The Morgan fingerprint density at radius 1 is 1.33 bits per heavy atom. The average molecular weight is 184 g/mol. The van der Waals surface area contributed by atoms with Gasteiger partial charge in [0, 0.05) is 18.1 Å². The number of anilines is 1. The van der Waals surface area contributed by atoms with Crippen LogP contribution in [0.25, 0.3) is 0 Å². The smallest absolute Gasteiger partial charge is 0.156 e. The zero-order valence-electron chi connectivity index (χ0n) is 6.73. The van der Waals surface area contributed by atoms with E-state index in [1.165, 1.54) is 0 Å². The fraction of sp³-hybridized carbons (Fsp3) is 0.429. The fourth-order valence-corrected chi connectivity index (χ4v) is 1.54. The van der Waals surface area contributed by atoms with Gasteiger partial charge in [-0.3, -0.25) is 0 Å². The predicted molar refractivity (Wildman–Crippen MR) is 50.8 cm³/mol. The first kappa shape index (κ1) is 9.28. The molecular formula is C7H12N4S. The van der Waals surface area contributed by atoms with Gasteiger partial charge in [0.25, 0.3) is 0 Å². The van der Waals surface area contributed by atoms with Crippen LogP contribution < -0.4 is 11.5 Å². The van der Waals surface area contributed by atoms with Crippen molar-refractivity contribution >= 4 is 17.6 Å². The number of aromatic nitrogens is 2. The second-order valence-corrected chi connectivity index (χ2v) is 3.32. The van der Waals surface area contributed by atoms with Gasteiger partial charge in [0.2, 0.25) is 0 Å². The molecule has 0 radical (unpaired) electrons. The molecule has 0 spiro atoms. The maximum Gasteiger partial charge on any atom is 0.156 e. The standard InChI is InChI=1S/C7H12N4S/c8-2-1-5-12-7-6(9)10-3-4-11-7/h3-4H,1-2,5,8H2,(H2,9,10). The molecule has 1 aromatic heterocycles. The molecule has 0 fully saturated rings. The van der Waals surface area contributed by atoms with Crippen molar-refractivity contribution in [3.05, 3.63) is 12.4 Å². The molecule has 1 rings (SSSR count). The second-order valence-electron chi connectivity index (χ2n) is 2.24. The van der Waals surface area contributed by atoms with Crippen LogP contribution in [0.4, 0.5) is 5.82 Å². The monoisotopic (exact) mass is 184 g/mol. The molecule has 0 aliphatic carbocycles. The molecule has 0 saturated heterocycles. The van der Waals surface area contributed by atoms with E-state index in [2.05, 4.69) is 9.97 Å². The minimum atomic E-state index is 0.500. The Morgan fingerprint density at radius 2 is 2.08 bits per heavy atom. The molecule has 0 saturated carbocycles. The Hall–Kier alpha value is -0.810. The molecule has 0 aliphatic rings. The summed E-state index contributed by atoms with van der Waals surface area (Å²) < 4.78 is 0. The lowest BCUT2D eigenvalue weighted by Crippen LogP contribution is -2.00. The summed E-state index contributed by atoms with van der Waals surface area (Å²) in [5.41, 5.74) is 10.9. The third-order valence-electron chi connectivity index (χ3n) is 1.28. The van der Waals surface area contributed by atoms with E-state index in [1.54, 1.807) is 24.2 Å². The number of hydrogen-bond acceptors (Lipinski definition) is 5. The van der Waals surface area contributed by atoms with E-state index in [0.717, 1.165) is 17.2 Å². The van der Waals surface area contributed by atoms with Crippen molar-refractivity contribution in [2.45, 2.75) is 11.4 Å². The van der Waals surface area contributed by atoms with Crippen molar-refractivity contribution < 1.29 is 0 Å². The molecule has 0 atom stereocenters. The van der Waals surface area contributed by atoms with Gasteiger partial charge in [-0.15, -0.1) is 11.8 Å². The lowest BCUT2D eigenvalue weighted by Gasteiger charge is -2.00. The molecule has 0 aromatic carbocycles. The lowest BCUT2D eigenvalue weighted by atomic mass is 10.5. The largest absolute Gasteiger partial charge is 0.381 e. The highest BCUT2D eigenvalue weighted by atomic mass is 32.2. The van der Waals surface area contributed by atoms with Crippen LogP contribution in [0.1, 0.15) is 6.42 Å². The highest BCUT2D eigenvalue weighted by Crippen LogP contribution is 2.19. The molecule has 1 heterocycles. The van der Waals surface area contributed by atoms with Gasteiger partial charge in [-0.1, -0.05) is 0 Å². The van der Waals surface area contributed by atoms with Crippen molar-refractivity contribution in [1.29, 1.82) is 0 Å². The van der Waals surface area contributed by atoms with Crippen molar-refractivity contribution in [3.8, 4) is 0 Å². The maximum atomic E-state index is 5.58. The number of nitrogen functional groups attached to an aromatic ring is 1. The normalized spacial score (nSPS) is 10.1. The van der Waals surface area contributed by atoms with Gasteiger partial charge < -0.3 is 11.5 Å². The van der Waals surface area contributed by atoms with Crippen LogP contribution in [0.2, 0.25) is 0 Å². The van der Waals surface area contributed by atoms with Crippen molar-refractivity contribution in [2.75, 3.05) is 18.0 Å². The van der Waals surface area contributed by atoms with Gasteiger partial charge >= 0.3 is 0 Å². The van der Waals surface area contributed by atoms with Crippen LogP contribution in [0.5, 0.6) is 0 Å². The van der Waals surface area contributed by atoms with Crippen molar-refractivity contribution in [1.82, 2.24) is 9.97 Å². The summed E-state index contributed by atoms with van der Waals surface area (Å²) in [6, 6.07) is 0. The molecule has 4 N–H and O–H groups in total. The van der Waals surface area contributed by atoms with E-state index in [4.69, 9.17) is 11.5 Å². The zero-order valence-corrected chi connectivity index (χ0v) is 7.55. The average Bonchev–Trinajstić information content (AvgIpc) is 2.09. The first-order valence-electron chi connectivity index (χ1n) is 3.74. The van der Waals surface area contributed by atoms with Gasteiger partial charge in [0.1, 0.15) is 5.03 Å². The Bertz CT molecular complexity index is 241. The molecule has 0 aliphatic heterocycles. The highest BCUT2D eigenvalue weighted by Gasteiger charge is 1.99. The van der Waals surface area contributed by atoms with Crippen LogP contribution >= 0.6 is 11.8 Å². The molecule has 5 heteroatoms. The van der Waals surface area contributed by atoms with Gasteiger partial charge in [-0.05, 0) is 13.0 Å². The van der Waals surface area contributed by atoms with Gasteiger partial charge in [0.05, 0.1) is 0 Å². The Balaban J connectivity index is 2.46. The predicted octanol–water partition coefficient (Wildman–Crippen LogP) is 0.500. The van der Waals surface area contributed by atoms with Crippen LogP contribution in [0.15, 0.2) is 17.4 Å². The topological polar surface area (TPSA) is 77.8 Å². The molecule has 1 aromatic rings. The Kier molecular flexibility index (Phi) is 3.83. The highest BCUT2D eigenvalue weighted by molar-refractivity contribution is 7.99. The van der Waals surface area contributed by atoms with Gasteiger partial charge in [-0.2, -0.15) is 0 Å². The quantitative estimate of drug-likeness (QED) is 0.526. The van der Waals surface area contributed by atoms with E-state index in [0.29, 0.717) is 12.4 Å². The minimum Gasteiger partial charge on any atom is -0.381 e. The number of rotatable bonds is 4.